The van der Waals surface area contributed by atoms with E-state index >= 15 is 0 Å². The fourth-order valence-corrected chi connectivity index (χ4v) is 2.25. The van der Waals surface area contributed by atoms with Crippen molar-refractivity contribution in [1.82, 2.24) is 5.32 Å². The number of halogens is 1. The second-order valence-electron chi connectivity index (χ2n) is 4.73. The van der Waals surface area contributed by atoms with Crippen molar-refractivity contribution in [3.05, 3.63) is 28.8 Å². The van der Waals surface area contributed by atoms with Crippen LogP contribution in [0, 0.1) is 0 Å². The van der Waals surface area contributed by atoms with Crippen LogP contribution >= 0.6 is 11.6 Å². The van der Waals surface area contributed by atoms with E-state index in [0.717, 1.165) is 12.1 Å². The molecule has 0 bridgehead atoms. The highest BCUT2D eigenvalue weighted by Gasteiger charge is 2.22. The van der Waals surface area contributed by atoms with E-state index in [2.05, 4.69) is 5.32 Å². The van der Waals surface area contributed by atoms with E-state index in [4.69, 9.17) is 21.1 Å². The fraction of sp³-hybridized carbons (Fsp3) is 0.562. The number of ether oxygens (including phenoxy) is 2. The molecule has 0 radical (unpaired) electrons. The van der Waals surface area contributed by atoms with Crippen LogP contribution < -0.4 is 10.1 Å². The number of benzene rings is 1. The third kappa shape index (κ3) is 5.21. The van der Waals surface area contributed by atoms with Gasteiger partial charge in [0.05, 0.1) is 6.61 Å². The molecule has 2 unspecified atom stereocenters. The van der Waals surface area contributed by atoms with Gasteiger partial charge in [0, 0.05) is 16.6 Å². The van der Waals surface area contributed by atoms with Crippen molar-refractivity contribution >= 4 is 17.6 Å². The van der Waals surface area contributed by atoms with Crippen molar-refractivity contribution in [2.24, 2.45) is 0 Å². The molecule has 0 amide bonds. The summed E-state index contributed by atoms with van der Waals surface area (Å²) in [6, 6.07) is 5.51. The maximum absolute atomic E-state index is 11.9. The summed E-state index contributed by atoms with van der Waals surface area (Å²) in [5, 5.41) is 3.96. The number of carbonyl (C=O) groups excluding carboxylic acids is 1. The van der Waals surface area contributed by atoms with Crippen LogP contribution in [0.15, 0.2) is 18.2 Å². The molecule has 0 spiro atoms. The fourth-order valence-electron chi connectivity index (χ4n) is 2.07. The average Bonchev–Trinajstić information content (AvgIpc) is 2.46. The molecule has 1 aromatic carbocycles. The Morgan fingerprint density at radius 3 is 2.62 bits per heavy atom. The first-order valence-corrected chi connectivity index (χ1v) is 7.77. The zero-order valence-corrected chi connectivity index (χ0v) is 13.9. The molecular weight excluding hydrogens is 290 g/mol. The SMILES string of the molecule is CCNC(C)c1cc(Cl)ccc1OC(CC)C(=O)OCC. The minimum Gasteiger partial charge on any atom is -0.478 e. The Morgan fingerprint density at radius 2 is 2.05 bits per heavy atom. The normalized spacial score (nSPS) is 13.6. The van der Waals surface area contributed by atoms with E-state index in [1.165, 1.54) is 0 Å². The molecule has 1 rings (SSSR count). The van der Waals surface area contributed by atoms with Gasteiger partial charge in [-0.05, 0) is 45.0 Å². The molecule has 0 aliphatic rings. The molecule has 0 aliphatic heterocycles. The second kappa shape index (κ2) is 8.90. The maximum atomic E-state index is 11.9. The first kappa shape index (κ1) is 17.8. The standard InChI is InChI=1S/C16H24ClNO3/c1-5-14(16(19)20-7-3)21-15-9-8-12(17)10-13(15)11(4)18-6-2/h8-11,14,18H,5-7H2,1-4H3. The van der Waals surface area contributed by atoms with Gasteiger partial charge in [0.25, 0.3) is 0 Å². The highest BCUT2D eigenvalue weighted by molar-refractivity contribution is 6.30. The summed E-state index contributed by atoms with van der Waals surface area (Å²) in [7, 11) is 0. The molecule has 0 saturated heterocycles. The van der Waals surface area contributed by atoms with Gasteiger partial charge in [0.15, 0.2) is 6.10 Å². The predicted molar refractivity (Wildman–Crippen MR) is 84.9 cm³/mol. The van der Waals surface area contributed by atoms with Crippen LogP contribution in [0.1, 0.15) is 45.7 Å². The Morgan fingerprint density at radius 1 is 1.33 bits per heavy atom. The molecule has 1 N–H and O–H groups in total. The molecular formula is C16H24ClNO3. The van der Waals surface area contributed by atoms with E-state index < -0.39 is 6.10 Å². The van der Waals surface area contributed by atoms with Crippen LogP contribution in [0.4, 0.5) is 0 Å². The van der Waals surface area contributed by atoms with Gasteiger partial charge in [-0.25, -0.2) is 4.79 Å². The minimum absolute atomic E-state index is 0.0865. The van der Waals surface area contributed by atoms with Crippen LogP contribution in [0.2, 0.25) is 5.02 Å². The Hall–Kier alpha value is -1.26. The average molecular weight is 314 g/mol. The molecule has 0 aromatic heterocycles. The maximum Gasteiger partial charge on any atom is 0.347 e. The van der Waals surface area contributed by atoms with Crippen LogP contribution in [0.3, 0.4) is 0 Å². The molecule has 1 aromatic rings. The minimum atomic E-state index is -0.598. The number of carbonyl (C=O) groups is 1. The van der Waals surface area contributed by atoms with Gasteiger partial charge in [-0.3, -0.25) is 0 Å². The van der Waals surface area contributed by atoms with E-state index in [9.17, 15) is 4.79 Å². The smallest absolute Gasteiger partial charge is 0.347 e. The molecule has 2 atom stereocenters. The topological polar surface area (TPSA) is 47.6 Å². The second-order valence-corrected chi connectivity index (χ2v) is 5.16. The quantitative estimate of drug-likeness (QED) is 0.743. The van der Waals surface area contributed by atoms with E-state index in [1.54, 1.807) is 19.1 Å². The highest BCUT2D eigenvalue weighted by atomic mass is 35.5. The van der Waals surface area contributed by atoms with Crippen molar-refractivity contribution < 1.29 is 14.3 Å². The van der Waals surface area contributed by atoms with Gasteiger partial charge in [-0.2, -0.15) is 0 Å². The summed E-state index contributed by atoms with van der Waals surface area (Å²) in [6.45, 7) is 8.93. The lowest BCUT2D eigenvalue weighted by Crippen LogP contribution is -2.29. The summed E-state index contributed by atoms with van der Waals surface area (Å²) >= 11 is 6.07. The van der Waals surface area contributed by atoms with Crippen molar-refractivity contribution in [2.45, 2.75) is 46.3 Å². The van der Waals surface area contributed by atoms with Crippen molar-refractivity contribution in [2.75, 3.05) is 13.2 Å². The van der Waals surface area contributed by atoms with Crippen LogP contribution in [0.5, 0.6) is 5.75 Å². The monoisotopic (exact) mass is 313 g/mol. The number of nitrogens with one attached hydrogen (secondary N) is 1. The Balaban J connectivity index is 2.97. The first-order valence-electron chi connectivity index (χ1n) is 7.39. The summed E-state index contributed by atoms with van der Waals surface area (Å²) in [4.78, 5) is 11.9. The summed E-state index contributed by atoms with van der Waals surface area (Å²) in [5.74, 6) is 0.324. The largest absolute Gasteiger partial charge is 0.478 e. The van der Waals surface area contributed by atoms with Gasteiger partial charge >= 0.3 is 5.97 Å². The molecule has 118 valence electrons. The van der Waals surface area contributed by atoms with Crippen LogP contribution in [0.25, 0.3) is 0 Å². The number of rotatable bonds is 8. The number of hydrogen-bond donors (Lipinski definition) is 1. The van der Waals surface area contributed by atoms with Gasteiger partial charge < -0.3 is 14.8 Å². The molecule has 0 saturated carbocycles. The predicted octanol–water partition coefficient (Wildman–Crippen LogP) is 3.73. The van der Waals surface area contributed by atoms with E-state index in [-0.39, 0.29) is 12.0 Å². The van der Waals surface area contributed by atoms with Crippen molar-refractivity contribution in [3.8, 4) is 5.75 Å². The van der Waals surface area contributed by atoms with E-state index in [0.29, 0.717) is 23.8 Å². The zero-order valence-electron chi connectivity index (χ0n) is 13.1. The number of esters is 1. The molecule has 5 heteroatoms. The lowest BCUT2D eigenvalue weighted by molar-refractivity contribution is -0.151. The summed E-state index contributed by atoms with van der Waals surface area (Å²) in [6.07, 6.45) is -0.0464. The van der Waals surface area contributed by atoms with Gasteiger partial charge in [-0.15, -0.1) is 0 Å². The summed E-state index contributed by atoms with van der Waals surface area (Å²) in [5.41, 5.74) is 0.937. The van der Waals surface area contributed by atoms with Crippen molar-refractivity contribution in [3.63, 3.8) is 0 Å². The van der Waals surface area contributed by atoms with Crippen LogP contribution in [-0.2, 0) is 9.53 Å². The Labute approximate surface area is 131 Å². The molecule has 0 heterocycles. The zero-order chi connectivity index (χ0) is 15.8. The lowest BCUT2D eigenvalue weighted by Gasteiger charge is -2.21. The van der Waals surface area contributed by atoms with Gasteiger partial charge in [0.2, 0.25) is 0 Å². The molecule has 21 heavy (non-hydrogen) atoms. The lowest BCUT2D eigenvalue weighted by atomic mass is 10.1. The Bertz CT molecular complexity index is 465. The molecule has 0 fully saturated rings. The Kier molecular flexibility index (Phi) is 7.54. The van der Waals surface area contributed by atoms with Gasteiger partial charge in [0.1, 0.15) is 5.75 Å². The molecule has 0 aliphatic carbocycles. The first-order chi connectivity index (χ1) is 10.0. The van der Waals surface area contributed by atoms with E-state index in [1.807, 2.05) is 26.8 Å². The summed E-state index contributed by atoms with van der Waals surface area (Å²) < 4.78 is 10.9. The van der Waals surface area contributed by atoms with Crippen LogP contribution in [-0.4, -0.2) is 25.2 Å². The number of hydrogen-bond acceptors (Lipinski definition) is 4. The molecule has 4 nitrogen and oxygen atoms in total. The van der Waals surface area contributed by atoms with Crippen molar-refractivity contribution in [1.29, 1.82) is 0 Å². The highest BCUT2D eigenvalue weighted by Crippen LogP contribution is 2.29. The third-order valence-electron chi connectivity index (χ3n) is 3.14. The van der Waals surface area contributed by atoms with Gasteiger partial charge in [-0.1, -0.05) is 25.4 Å². The third-order valence-corrected chi connectivity index (χ3v) is 3.37.